The lowest BCUT2D eigenvalue weighted by atomic mass is 9.94. The van der Waals surface area contributed by atoms with E-state index in [0.717, 1.165) is 22.9 Å². The molecule has 0 fully saturated rings. The Labute approximate surface area is 215 Å². The van der Waals surface area contributed by atoms with Crippen LogP contribution >= 0.6 is 0 Å². The molecule has 3 heterocycles. The molecule has 0 saturated carbocycles. The van der Waals surface area contributed by atoms with Crippen molar-refractivity contribution in [3.05, 3.63) is 95.1 Å². The molecule has 0 saturated heterocycles. The van der Waals surface area contributed by atoms with Gasteiger partial charge < -0.3 is 15.4 Å². The number of pyridine rings is 1. The molecule has 0 spiro atoms. The summed E-state index contributed by atoms with van der Waals surface area (Å²) in [4.78, 5) is 30.1. The number of hydrogen-bond donors (Lipinski definition) is 2. The van der Waals surface area contributed by atoms with E-state index >= 15 is 0 Å². The van der Waals surface area contributed by atoms with Crippen LogP contribution in [0.2, 0.25) is 0 Å². The standard InChI is InChI=1S/C27H22F3N5O3/c1-3-38-26(37)21-13-22-32-15(2)23(25(36)33-20-9-6-18-14-31-11-10-17(18)12-20)24(35(22)34-21)16-4-7-19(8-5-16)27(28,29)30/h4-14,24,32H,3H2,1-2H3,(H,33,36). The Morgan fingerprint density at radius 1 is 1.08 bits per heavy atom. The molecule has 4 aromatic rings. The summed E-state index contributed by atoms with van der Waals surface area (Å²) in [7, 11) is 0. The second kappa shape index (κ2) is 9.66. The van der Waals surface area contributed by atoms with Crippen molar-refractivity contribution in [1.29, 1.82) is 0 Å². The molecule has 1 unspecified atom stereocenters. The van der Waals surface area contributed by atoms with Gasteiger partial charge in [0.05, 0.1) is 17.7 Å². The molecule has 1 aliphatic rings. The van der Waals surface area contributed by atoms with E-state index in [-0.39, 0.29) is 17.9 Å². The molecule has 0 bridgehead atoms. The van der Waals surface area contributed by atoms with E-state index in [1.54, 1.807) is 38.4 Å². The lowest BCUT2D eigenvalue weighted by Gasteiger charge is -2.30. The van der Waals surface area contributed by atoms with Gasteiger partial charge in [0, 0.05) is 35.2 Å². The Bertz CT molecular complexity index is 1580. The maximum absolute atomic E-state index is 13.6. The highest BCUT2D eigenvalue weighted by Crippen LogP contribution is 2.38. The van der Waals surface area contributed by atoms with Crippen molar-refractivity contribution in [3.63, 3.8) is 0 Å². The molecule has 2 aromatic heterocycles. The number of hydrogen-bond acceptors (Lipinski definition) is 6. The van der Waals surface area contributed by atoms with Gasteiger partial charge in [0.2, 0.25) is 0 Å². The van der Waals surface area contributed by atoms with E-state index in [0.29, 0.717) is 22.8 Å². The summed E-state index contributed by atoms with van der Waals surface area (Å²) < 4.78 is 46.1. The van der Waals surface area contributed by atoms with Gasteiger partial charge in [0.1, 0.15) is 11.9 Å². The molecule has 0 radical (unpaired) electrons. The fourth-order valence-electron chi connectivity index (χ4n) is 4.39. The van der Waals surface area contributed by atoms with E-state index < -0.39 is 29.7 Å². The Balaban J connectivity index is 1.56. The number of benzene rings is 2. The van der Waals surface area contributed by atoms with Crippen LogP contribution in [0.5, 0.6) is 0 Å². The first kappa shape index (κ1) is 25.0. The minimum absolute atomic E-state index is 0.00357. The highest BCUT2D eigenvalue weighted by Gasteiger charge is 2.36. The van der Waals surface area contributed by atoms with Crippen molar-refractivity contribution < 1.29 is 27.5 Å². The van der Waals surface area contributed by atoms with Crippen molar-refractivity contribution in [3.8, 4) is 0 Å². The number of aromatic nitrogens is 3. The second-order valence-corrected chi connectivity index (χ2v) is 8.66. The van der Waals surface area contributed by atoms with E-state index in [2.05, 4.69) is 20.7 Å². The monoisotopic (exact) mass is 521 g/mol. The minimum Gasteiger partial charge on any atom is -0.461 e. The first-order chi connectivity index (χ1) is 18.2. The lowest BCUT2D eigenvalue weighted by molar-refractivity contribution is -0.137. The number of allylic oxidation sites excluding steroid dienone is 1. The van der Waals surface area contributed by atoms with Crippen LogP contribution in [0.3, 0.4) is 0 Å². The number of fused-ring (bicyclic) bond motifs is 2. The molecule has 1 aliphatic heterocycles. The SMILES string of the molecule is CCOC(=O)c1cc2n(n1)C(c1ccc(C(F)(F)F)cc1)C(C(=O)Nc1ccc3cnccc3c1)=C(C)N2. The summed E-state index contributed by atoms with van der Waals surface area (Å²) in [5, 5.41) is 12.1. The van der Waals surface area contributed by atoms with Gasteiger partial charge in [-0.15, -0.1) is 0 Å². The number of esters is 1. The van der Waals surface area contributed by atoms with Crippen molar-refractivity contribution in [2.24, 2.45) is 0 Å². The Hall–Kier alpha value is -4.67. The van der Waals surface area contributed by atoms with Crippen LogP contribution in [0, 0.1) is 0 Å². The number of anilines is 2. The molecule has 11 heteroatoms. The zero-order valence-corrected chi connectivity index (χ0v) is 20.3. The summed E-state index contributed by atoms with van der Waals surface area (Å²) in [5.41, 5.74) is 0.780. The van der Waals surface area contributed by atoms with Crippen molar-refractivity contribution in [1.82, 2.24) is 14.8 Å². The van der Waals surface area contributed by atoms with E-state index in [4.69, 9.17) is 4.74 Å². The highest BCUT2D eigenvalue weighted by molar-refractivity contribution is 6.07. The lowest BCUT2D eigenvalue weighted by Crippen LogP contribution is -2.31. The summed E-state index contributed by atoms with van der Waals surface area (Å²) in [6.45, 7) is 3.48. The second-order valence-electron chi connectivity index (χ2n) is 8.66. The number of carbonyl (C=O) groups is 2. The van der Waals surface area contributed by atoms with E-state index in [1.165, 1.54) is 22.9 Å². The molecule has 2 N–H and O–H groups in total. The predicted molar refractivity (Wildman–Crippen MR) is 134 cm³/mol. The summed E-state index contributed by atoms with van der Waals surface area (Å²) >= 11 is 0. The predicted octanol–water partition coefficient (Wildman–Crippen LogP) is 5.55. The molecule has 1 atom stereocenters. The number of amides is 1. The van der Waals surface area contributed by atoms with Gasteiger partial charge in [-0.25, -0.2) is 9.48 Å². The third-order valence-corrected chi connectivity index (χ3v) is 6.15. The maximum Gasteiger partial charge on any atom is 0.416 e. The van der Waals surface area contributed by atoms with Crippen molar-refractivity contribution >= 4 is 34.2 Å². The molecule has 1 amide bonds. The fourth-order valence-corrected chi connectivity index (χ4v) is 4.39. The highest BCUT2D eigenvalue weighted by atomic mass is 19.4. The molecule has 2 aromatic carbocycles. The van der Waals surface area contributed by atoms with Crippen molar-refractivity contribution in [2.75, 3.05) is 17.2 Å². The average molecular weight is 521 g/mol. The Kier molecular flexibility index (Phi) is 6.35. The van der Waals surface area contributed by atoms with E-state index in [1.807, 2.05) is 12.1 Å². The van der Waals surface area contributed by atoms with E-state index in [9.17, 15) is 22.8 Å². The average Bonchev–Trinajstić information content (AvgIpc) is 3.31. The number of carbonyl (C=O) groups excluding carboxylic acids is 2. The maximum atomic E-state index is 13.6. The van der Waals surface area contributed by atoms with Crippen LogP contribution in [0.25, 0.3) is 10.8 Å². The van der Waals surface area contributed by atoms with Gasteiger partial charge in [0.15, 0.2) is 5.69 Å². The third kappa shape index (κ3) is 4.70. The first-order valence-electron chi connectivity index (χ1n) is 11.7. The quantitative estimate of drug-likeness (QED) is 0.334. The number of nitrogens with zero attached hydrogens (tertiary/aromatic N) is 3. The topological polar surface area (TPSA) is 98.1 Å². The number of halogens is 3. The Morgan fingerprint density at radius 2 is 1.84 bits per heavy atom. The van der Waals surface area contributed by atoms with Crippen LogP contribution in [-0.4, -0.2) is 33.2 Å². The molecule has 5 rings (SSSR count). The van der Waals surface area contributed by atoms with Crippen LogP contribution in [0.15, 0.2) is 78.3 Å². The van der Waals surface area contributed by atoms with Gasteiger partial charge in [-0.05, 0) is 55.1 Å². The van der Waals surface area contributed by atoms with Crippen LogP contribution in [-0.2, 0) is 15.7 Å². The number of rotatable bonds is 5. The molecule has 8 nitrogen and oxygen atoms in total. The number of nitrogens with one attached hydrogen (secondary N) is 2. The van der Waals surface area contributed by atoms with Gasteiger partial charge in [-0.2, -0.15) is 18.3 Å². The largest absolute Gasteiger partial charge is 0.461 e. The molecule has 194 valence electrons. The van der Waals surface area contributed by atoms with Crippen molar-refractivity contribution in [2.45, 2.75) is 26.1 Å². The number of ether oxygens (including phenoxy) is 1. The summed E-state index contributed by atoms with van der Waals surface area (Å²) in [6, 6.07) is 12.2. The molecule has 0 aliphatic carbocycles. The normalized spacial score (nSPS) is 15.1. The summed E-state index contributed by atoms with van der Waals surface area (Å²) in [6.07, 6.45) is -1.16. The zero-order valence-electron chi connectivity index (χ0n) is 20.3. The van der Waals surface area contributed by atoms with Gasteiger partial charge in [0.25, 0.3) is 5.91 Å². The van der Waals surface area contributed by atoms with Gasteiger partial charge >= 0.3 is 12.1 Å². The molecular formula is C27H22F3N5O3. The van der Waals surface area contributed by atoms with Gasteiger partial charge in [-0.3, -0.25) is 9.78 Å². The zero-order chi connectivity index (χ0) is 27.0. The van der Waals surface area contributed by atoms with Crippen LogP contribution < -0.4 is 10.6 Å². The molecular weight excluding hydrogens is 499 g/mol. The Morgan fingerprint density at radius 3 is 2.55 bits per heavy atom. The summed E-state index contributed by atoms with van der Waals surface area (Å²) in [5.74, 6) is -0.742. The van der Waals surface area contributed by atoms with Crippen LogP contribution in [0.1, 0.15) is 41.5 Å². The first-order valence-corrected chi connectivity index (χ1v) is 11.7. The van der Waals surface area contributed by atoms with Gasteiger partial charge in [-0.1, -0.05) is 18.2 Å². The minimum atomic E-state index is -4.52. The van der Waals surface area contributed by atoms with Crippen LogP contribution in [0.4, 0.5) is 24.7 Å². The number of alkyl halides is 3. The smallest absolute Gasteiger partial charge is 0.416 e. The fraction of sp³-hybridized carbons (Fsp3) is 0.185. The molecule has 38 heavy (non-hydrogen) atoms. The third-order valence-electron chi connectivity index (χ3n) is 6.15.